The zero-order chi connectivity index (χ0) is 24.8. The fourth-order valence-electron chi connectivity index (χ4n) is 3.47. The lowest BCUT2D eigenvalue weighted by molar-refractivity contribution is -0.116. The van der Waals surface area contributed by atoms with Crippen molar-refractivity contribution in [2.45, 2.75) is 6.92 Å². The van der Waals surface area contributed by atoms with Crippen LogP contribution in [0.5, 0.6) is 0 Å². The Labute approximate surface area is 213 Å². The molecule has 4 aromatic rings. The highest BCUT2D eigenvalue weighted by atomic mass is 35.5. The van der Waals surface area contributed by atoms with E-state index in [2.05, 4.69) is 10.6 Å². The summed E-state index contributed by atoms with van der Waals surface area (Å²) in [6.07, 6.45) is 0. The van der Waals surface area contributed by atoms with Crippen molar-refractivity contribution in [3.8, 4) is 16.9 Å². The summed E-state index contributed by atoms with van der Waals surface area (Å²) in [5, 5.41) is 10.9. The van der Waals surface area contributed by atoms with Crippen LogP contribution in [0.15, 0.2) is 84.9 Å². The number of para-hydroxylation sites is 2. The first kappa shape index (κ1) is 24.3. The Kier molecular flexibility index (Phi) is 7.70. The quantitative estimate of drug-likeness (QED) is 0.306. The van der Waals surface area contributed by atoms with Gasteiger partial charge in [-0.05, 0) is 31.2 Å². The maximum atomic E-state index is 13.0. The van der Waals surface area contributed by atoms with Crippen LogP contribution in [0.25, 0.3) is 16.9 Å². The highest BCUT2D eigenvalue weighted by molar-refractivity contribution is 6.39. The van der Waals surface area contributed by atoms with Crippen molar-refractivity contribution in [2.75, 3.05) is 23.7 Å². The van der Waals surface area contributed by atoms with Crippen molar-refractivity contribution in [3.05, 3.63) is 95.0 Å². The van der Waals surface area contributed by atoms with E-state index >= 15 is 0 Å². The number of halogens is 2. The number of carbonyl (C=O) groups excluding carboxylic acids is 2. The largest absolute Gasteiger partial charge is 0.322 e. The molecule has 35 heavy (non-hydrogen) atoms. The summed E-state index contributed by atoms with van der Waals surface area (Å²) in [5.41, 5.74) is 2.73. The lowest BCUT2D eigenvalue weighted by Gasteiger charge is -2.21. The van der Waals surface area contributed by atoms with E-state index in [0.29, 0.717) is 33.8 Å². The summed E-state index contributed by atoms with van der Waals surface area (Å²) in [6.45, 7) is 1.91. The van der Waals surface area contributed by atoms with Crippen LogP contribution in [0.2, 0.25) is 10.0 Å². The molecule has 0 fully saturated rings. The normalized spacial score (nSPS) is 10.6. The number of carbonyl (C=O) groups is 2. The molecule has 178 valence electrons. The molecule has 0 aliphatic carbocycles. The topological polar surface area (TPSA) is 79.3 Å². The van der Waals surface area contributed by atoms with Gasteiger partial charge in [-0.15, -0.1) is 0 Å². The number of aromatic nitrogens is 2. The van der Waals surface area contributed by atoms with Gasteiger partial charge in [-0.25, -0.2) is 9.48 Å². The molecule has 0 unspecified atom stereocenters. The van der Waals surface area contributed by atoms with E-state index in [-0.39, 0.29) is 12.5 Å². The SMILES string of the molecule is CCN(CC(=O)Nc1cc(-c2ccccc2)nn1-c1ccccc1)C(=O)Nc1c(Cl)cccc1Cl. The molecule has 0 spiro atoms. The fourth-order valence-corrected chi connectivity index (χ4v) is 3.96. The number of nitrogens with one attached hydrogen (secondary N) is 2. The molecule has 1 heterocycles. The number of likely N-dealkylation sites (N-methyl/N-ethyl adjacent to an activating group) is 1. The van der Waals surface area contributed by atoms with E-state index in [0.717, 1.165) is 11.3 Å². The van der Waals surface area contributed by atoms with Crippen LogP contribution in [0.1, 0.15) is 6.92 Å². The molecule has 3 amide bonds. The smallest absolute Gasteiger partial charge is 0.315 e. The second-order valence-corrected chi connectivity index (χ2v) is 8.43. The molecule has 7 nitrogen and oxygen atoms in total. The molecule has 0 radical (unpaired) electrons. The second kappa shape index (κ2) is 11.1. The monoisotopic (exact) mass is 507 g/mol. The number of urea groups is 1. The fraction of sp³-hybridized carbons (Fsp3) is 0.115. The van der Waals surface area contributed by atoms with Gasteiger partial charge in [0.1, 0.15) is 12.4 Å². The highest BCUT2D eigenvalue weighted by Gasteiger charge is 2.20. The third-order valence-electron chi connectivity index (χ3n) is 5.25. The number of hydrogen-bond acceptors (Lipinski definition) is 3. The molecule has 0 bridgehead atoms. The van der Waals surface area contributed by atoms with Gasteiger partial charge in [0.05, 0.1) is 27.1 Å². The molecule has 4 rings (SSSR count). The first-order valence-electron chi connectivity index (χ1n) is 11.0. The number of hydrogen-bond donors (Lipinski definition) is 2. The van der Waals surface area contributed by atoms with Gasteiger partial charge in [-0.3, -0.25) is 4.79 Å². The minimum absolute atomic E-state index is 0.176. The lowest BCUT2D eigenvalue weighted by Crippen LogP contribution is -2.40. The summed E-state index contributed by atoms with van der Waals surface area (Å²) in [5.74, 6) is 0.120. The van der Waals surface area contributed by atoms with E-state index in [9.17, 15) is 9.59 Å². The lowest BCUT2D eigenvalue weighted by atomic mass is 10.1. The Balaban J connectivity index is 1.53. The second-order valence-electron chi connectivity index (χ2n) is 7.62. The Hall–Kier alpha value is -3.81. The summed E-state index contributed by atoms with van der Waals surface area (Å²) in [4.78, 5) is 27.1. The van der Waals surface area contributed by atoms with Crippen molar-refractivity contribution in [1.82, 2.24) is 14.7 Å². The molecule has 3 aromatic carbocycles. The minimum Gasteiger partial charge on any atom is -0.315 e. The summed E-state index contributed by atoms with van der Waals surface area (Å²) >= 11 is 12.3. The average molecular weight is 508 g/mol. The molecule has 1 aromatic heterocycles. The Morgan fingerprint density at radius 1 is 0.886 bits per heavy atom. The highest BCUT2D eigenvalue weighted by Crippen LogP contribution is 2.30. The van der Waals surface area contributed by atoms with Gasteiger partial charge in [0.15, 0.2) is 0 Å². The predicted octanol–water partition coefficient (Wildman–Crippen LogP) is 6.34. The zero-order valence-corrected chi connectivity index (χ0v) is 20.4. The molecule has 9 heteroatoms. The number of nitrogens with zero attached hydrogens (tertiary/aromatic N) is 3. The Morgan fingerprint density at radius 3 is 2.14 bits per heavy atom. The standard InChI is InChI=1S/C26H23Cl2N5O2/c1-2-32(26(35)30-25-20(27)14-9-15-21(25)28)17-24(34)29-23-16-22(18-10-5-3-6-11-18)31-33(23)19-12-7-4-8-13-19/h3-16H,2,17H2,1H3,(H,29,34)(H,30,35). The van der Waals surface area contributed by atoms with Crippen LogP contribution in [0.4, 0.5) is 16.3 Å². The molecule has 0 aliphatic rings. The molecular weight excluding hydrogens is 485 g/mol. The van der Waals surface area contributed by atoms with Crippen LogP contribution < -0.4 is 10.6 Å². The van der Waals surface area contributed by atoms with E-state index in [4.69, 9.17) is 28.3 Å². The van der Waals surface area contributed by atoms with Crippen molar-refractivity contribution in [3.63, 3.8) is 0 Å². The maximum Gasteiger partial charge on any atom is 0.322 e. The number of amides is 3. The van der Waals surface area contributed by atoms with Gasteiger partial charge in [-0.2, -0.15) is 5.10 Å². The van der Waals surface area contributed by atoms with Gasteiger partial charge < -0.3 is 15.5 Å². The van der Waals surface area contributed by atoms with Gasteiger partial charge in [0.25, 0.3) is 0 Å². The van der Waals surface area contributed by atoms with Crippen molar-refractivity contribution >= 4 is 46.6 Å². The molecule has 2 N–H and O–H groups in total. The van der Waals surface area contributed by atoms with Crippen LogP contribution in [0.3, 0.4) is 0 Å². The third-order valence-corrected chi connectivity index (χ3v) is 5.88. The van der Waals surface area contributed by atoms with E-state index in [1.165, 1.54) is 4.90 Å². The Morgan fingerprint density at radius 2 is 1.51 bits per heavy atom. The maximum absolute atomic E-state index is 13.0. The van der Waals surface area contributed by atoms with Gasteiger partial charge in [0, 0.05) is 18.2 Å². The molecular formula is C26H23Cl2N5O2. The molecule has 0 saturated heterocycles. The first-order chi connectivity index (χ1) is 17.0. The average Bonchev–Trinajstić information content (AvgIpc) is 3.29. The number of rotatable bonds is 7. The van der Waals surface area contributed by atoms with Gasteiger partial charge in [-0.1, -0.05) is 77.8 Å². The van der Waals surface area contributed by atoms with Gasteiger partial charge in [0.2, 0.25) is 5.91 Å². The summed E-state index contributed by atoms with van der Waals surface area (Å²) in [7, 11) is 0. The van der Waals surface area contributed by atoms with Gasteiger partial charge >= 0.3 is 6.03 Å². The van der Waals surface area contributed by atoms with Crippen LogP contribution in [0, 0.1) is 0 Å². The minimum atomic E-state index is -0.487. The number of benzene rings is 3. The zero-order valence-electron chi connectivity index (χ0n) is 18.9. The molecule has 0 aliphatic heterocycles. The van der Waals surface area contributed by atoms with Crippen LogP contribution in [-0.4, -0.2) is 39.7 Å². The molecule has 0 saturated carbocycles. The van der Waals surface area contributed by atoms with Crippen molar-refractivity contribution in [1.29, 1.82) is 0 Å². The summed E-state index contributed by atoms with van der Waals surface area (Å²) < 4.78 is 1.67. The van der Waals surface area contributed by atoms with Crippen molar-refractivity contribution in [2.24, 2.45) is 0 Å². The van der Waals surface area contributed by atoms with E-state index in [1.807, 2.05) is 60.7 Å². The van der Waals surface area contributed by atoms with Crippen LogP contribution >= 0.6 is 23.2 Å². The number of anilines is 2. The van der Waals surface area contributed by atoms with Crippen LogP contribution in [-0.2, 0) is 4.79 Å². The first-order valence-corrected chi connectivity index (χ1v) is 11.7. The van der Waals surface area contributed by atoms with E-state index < -0.39 is 6.03 Å². The summed E-state index contributed by atoms with van der Waals surface area (Å²) in [6, 6.07) is 25.4. The molecule has 0 atom stereocenters. The third kappa shape index (κ3) is 5.82. The van der Waals surface area contributed by atoms with E-state index in [1.54, 1.807) is 35.9 Å². The Bertz CT molecular complexity index is 1310. The predicted molar refractivity (Wildman–Crippen MR) is 140 cm³/mol. The van der Waals surface area contributed by atoms with Crippen molar-refractivity contribution < 1.29 is 9.59 Å².